The predicted octanol–water partition coefficient (Wildman–Crippen LogP) is 3.27. The standard InChI is InChI=1S/C20H27N5/c1-14-9-10-17(22-13-14)15(2)23-16(6-5-11-21)12-20-24-18-7-3-4-8-19(18)25-20/h3-4,7-10,13,15-16,23H,5-6,11-12,21H2,1-2H3,(H,24,25). The Morgan fingerprint density at radius 1 is 1.20 bits per heavy atom. The molecule has 2 heterocycles. The van der Waals surface area contributed by atoms with Crippen LogP contribution in [-0.2, 0) is 6.42 Å². The van der Waals surface area contributed by atoms with Crippen LogP contribution in [0.5, 0.6) is 0 Å². The van der Waals surface area contributed by atoms with Crippen LogP contribution in [0.4, 0.5) is 0 Å². The van der Waals surface area contributed by atoms with E-state index in [1.165, 1.54) is 5.56 Å². The number of aryl methyl sites for hydroxylation is 1. The van der Waals surface area contributed by atoms with Crippen molar-refractivity contribution >= 4 is 11.0 Å². The number of imidazole rings is 1. The molecule has 1 aromatic carbocycles. The third-order valence-corrected chi connectivity index (χ3v) is 4.50. The predicted molar refractivity (Wildman–Crippen MR) is 102 cm³/mol. The van der Waals surface area contributed by atoms with E-state index in [-0.39, 0.29) is 6.04 Å². The zero-order chi connectivity index (χ0) is 17.6. The minimum Gasteiger partial charge on any atom is -0.342 e. The molecule has 0 aliphatic carbocycles. The first kappa shape index (κ1) is 17.6. The molecule has 5 nitrogen and oxygen atoms in total. The zero-order valence-electron chi connectivity index (χ0n) is 15.0. The van der Waals surface area contributed by atoms with Gasteiger partial charge < -0.3 is 16.0 Å². The SMILES string of the molecule is Cc1ccc(C(C)NC(CCCN)Cc2nc3ccccc3[nH]2)nc1. The van der Waals surface area contributed by atoms with Crippen LogP contribution < -0.4 is 11.1 Å². The summed E-state index contributed by atoms with van der Waals surface area (Å²) >= 11 is 0. The number of hydrogen-bond donors (Lipinski definition) is 3. The van der Waals surface area contributed by atoms with Gasteiger partial charge in [0.25, 0.3) is 0 Å². The molecule has 5 heteroatoms. The van der Waals surface area contributed by atoms with Crippen molar-refractivity contribution in [3.05, 3.63) is 59.7 Å². The average Bonchev–Trinajstić information content (AvgIpc) is 3.02. The van der Waals surface area contributed by atoms with E-state index in [9.17, 15) is 0 Å². The summed E-state index contributed by atoms with van der Waals surface area (Å²) in [5.41, 5.74) is 10.1. The molecule has 0 bridgehead atoms. The summed E-state index contributed by atoms with van der Waals surface area (Å²) in [5, 5.41) is 3.70. The highest BCUT2D eigenvalue weighted by Gasteiger charge is 2.16. The number of H-pyrrole nitrogens is 1. The van der Waals surface area contributed by atoms with Crippen LogP contribution in [0.3, 0.4) is 0 Å². The van der Waals surface area contributed by atoms with E-state index in [1.807, 2.05) is 24.4 Å². The van der Waals surface area contributed by atoms with E-state index in [2.05, 4.69) is 47.3 Å². The summed E-state index contributed by atoms with van der Waals surface area (Å²) in [5.74, 6) is 1.01. The van der Waals surface area contributed by atoms with E-state index in [4.69, 9.17) is 10.7 Å². The number of nitrogens with one attached hydrogen (secondary N) is 2. The molecule has 0 radical (unpaired) electrons. The Morgan fingerprint density at radius 2 is 2.04 bits per heavy atom. The van der Waals surface area contributed by atoms with E-state index in [0.29, 0.717) is 12.6 Å². The molecule has 3 aromatic rings. The van der Waals surface area contributed by atoms with Crippen molar-refractivity contribution in [3.63, 3.8) is 0 Å². The smallest absolute Gasteiger partial charge is 0.108 e. The highest BCUT2D eigenvalue weighted by Crippen LogP contribution is 2.16. The van der Waals surface area contributed by atoms with E-state index in [1.54, 1.807) is 0 Å². The molecule has 0 fully saturated rings. The lowest BCUT2D eigenvalue weighted by atomic mass is 10.0. The van der Waals surface area contributed by atoms with Gasteiger partial charge in [-0.3, -0.25) is 4.98 Å². The second-order valence-corrected chi connectivity index (χ2v) is 6.68. The first-order valence-corrected chi connectivity index (χ1v) is 8.98. The maximum Gasteiger partial charge on any atom is 0.108 e. The second-order valence-electron chi connectivity index (χ2n) is 6.68. The molecule has 2 unspecified atom stereocenters. The van der Waals surface area contributed by atoms with Gasteiger partial charge >= 0.3 is 0 Å². The maximum absolute atomic E-state index is 5.73. The number of aromatic amines is 1. The van der Waals surface area contributed by atoms with Crippen molar-refractivity contribution in [2.75, 3.05) is 6.54 Å². The van der Waals surface area contributed by atoms with E-state index < -0.39 is 0 Å². The third kappa shape index (κ3) is 4.65. The quantitative estimate of drug-likeness (QED) is 0.589. The Morgan fingerprint density at radius 3 is 2.76 bits per heavy atom. The summed E-state index contributed by atoms with van der Waals surface area (Å²) in [6, 6.07) is 12.8. The van der Waals surface area contributed by atoms with E-state index >= 15 is 0 Å². The normalized spacial score (nSPS) is 13.9. The van der Waals surface area contributed by atoms with Gasteiger partial charge in [0.05, 0.1) is 16.7 Å². The molecule has 132 valence electrons. The van der Waals surface area contributed by atoms with Crippen LogP contribution in [0.2, 0.25) is 0 Å². The minimum absolute atomic E-state index is 0.188. The van der Waals surface area contributed by atoms with Crippen molar-refractivity contribution < 1.29 is 0 Å². The molecule has 0 aliphatic rings. The van der Waals surface area contributed by atoms with Crippen molar-refractivity contribution in [1.82, 2.24) is 20.3 Å². The summed E-state index contributed by atoms with van der Waals surface area (Å²) in [6.45, 7) is 4.92. The van der Waals surface area contributed by atoms with Crippen molar-refractivity contribution in [2.24, 2.45) is 5.73 Å². The highest BCUT2D eigenvalue weighted by atomic mass is 15.0. The topological polar surface area (TPSA) is 79.6 Å². The van der Waals surface area contributed by atoms with Gasteiger partial charge in [0.2, 0.25) is 0 Å². The van der Waals surface area contributed by atoms with Crippen molar-refractivity contribution in [3.8, 4) is 0 Å². The molecule has 2 atom stereocenters. The van der Waals surface area contributed by atoms with Crippen molar-refractivity contribution in [1.29, 1.82) is 0 Å². The Labute approximate surface area is 149 Å². The van der Waals surface area contributed by atoms with Crippen LogP contribution >= 0.6 is 0 Å². The fourth-order valence-corrected chi connectivity index (χ4v) is 3.12. The molecule has 0 saturated heterocycles. The average molecular weight is 337 g/mol. The Bertz CT molecular complexity index is 760. The fraction of sp³-hybridized carbons (Fsp3) is 0.400. The Kier molecular flexibility index (Phi) is 5.79. The van der Waals surface area contributed by atoms with Gasteiger partial charge in [0.1, 0.15) is 5.82 Å². The van der Waals surface area contributed by atoms with Crippen LogP contribution in [0, 0.1) is 6.92 Å². The molecule has 3 rings (SSSR count). The second kappa shape index (κ2) is 8.23. The summed E-state index contributed by atoms with van der Waals surface area (Å²) in [6.07, 6.45) is 4.78. The highest BCUT2D eigenvalue weighted by molar-refractivity contribution is 5.74. The van der Waals surface area contributed by atoms with Crippen LogP contribution in [-0.4, -0.2) is 27.5 Å². The lowest BCUT2D eigenvalue weighted by Crippen LogP contribution is -2.34. The van der Waals surface area contributed by atoms with Crippen LogP contribution in [0.15, 0.2) is 42.6 Å². The van der Waals surface area contributed by atoms with Gasteiger partial charge in [0, 0.05) is 24.7 Å². The number of nitrogens with zero attached hydrogens (tertiary/aromatic N) is 2. The number of hydrogen-bond acceptors (Lipinski definition) is 4. The molecular weight excluding hydrogens is 310 g/mol. The van der Waals surface area contributed by atoms with Gasteiger partial charge in [-0.05, 0) is 57.0 Å². The van der Waals surface area contributed by atoms with Crippen LogP contribution in [0.25, 0.3) is 11.0 Å². The van der Waals surface area contributed by atoms with Gasteiger partial charge in [0.15, 0.2) is 0 Å². The number of aromatic nitrogens is 3. The van der Waals surface area contributed by atoms with Gasteiger partial charge in [-0.25, -0.2) is 4.98 Å². The first-order chi connectivity index (χ1) is 12.2. The number of rotatable bonds is 8. The molecule has 0 aliphatic heterocycles. The Hall–Kier alpha value is -2.24. The molecule has 0 spiro atoms. The lowest BCUT2D eigenvalue weighted by molar-refractivity contribution is 0.411. The zero-order valence-corrected chi connectivity index (χ0v) is 15.0. The first-order valence-electron chi connectivity index (χ1n) is 8.98. The number of para-hydroxylation sites is 2. The maximum atomic E-state index is 5.73. The van der Waals surface area contributed by atoms with Crippen LogP contribution in [0.1, 0.15) is 42.9 Å². The number of nitrogens with two attached hydrogens (primary N) is 1. The summed E-state index contributed by atoms with van der Waals surface area (Å²) in [4.78, 5) is 12.7. The molecule has 2 aromatic heterocycles. The van der Waals surface area contributed by atoms with E-state index in [0.717, 1.165) is 41.8 Å². The fourth-order valence-electron chi connectivity index (χ4n) is 3.12. The minimum atomic E-state index is 0.188. The summed E-state index contributed by atoms with van der Waals surface area (Å²) < 4.78 is 0. The molecule has 4 N–H and O–H groups in total. The van der Waals surface area contributed by atoms with Gasteiger partial charge in [-0.15, -0.1) is 0 Å². The molecule has 0 amide bonds. The largest absolute Gasteiger partial charge is 0.342 e. The molecule has 25 heavy (non-hydrogen) atoms. The number of pyridine rings is 1. The van der Waals surface area contributed by atoms with Crippen molar-refractivity contribution in [2.45, 2.75) is 45.2 Å². The number of benzene rings is 1. The van der Waals surface area contributed by atoms with Gasteiger partial charge in [-0.2, -0.15) is 0 Å². The Balaban J connectivity index is 1.71. The molecular formula is C20H27N5. The third-order valence-electron chi connectivity index (χ3n) is 4.50. The monoisotopic (exact) mass is 337 g/mol. The van der Waals surface area contributed by atoms with Gasteiger partial charge in [-0.1, -0.05) is 18.2 Å². The summed E-state index contributed by atoms with van der Waals surface area (Å²) in [7, 11) is 0. The lowest BCUT2D eigenvalue weighted by Gasteiger charge is -2.22. The molecule has 0 saturated carbocycles. The number of fused-ring (bicyclic) bond motifs is 1.